The summed E-state index contributed by atoms with van der Waals surface area (Å²) in [6.07, 6.45) is 1.77. The van der Waals surface area contributed by atoms with Gasteiger partial charge in [-0.15, -0.1) is 12.4 Å². The Balaban J connectivity index is 0.00000225. The quantitative estimate of drug-likeness (QED) is 0.782. The molecular weight excluding hydrogens is 232 g/mol. The Morgan fingerprint density at radius 2 is 2.44 bits per heavy atom. The van der Waals surface area contributed by atoms with Crippen LogP contribution in [0.3, 0.4) is 0 Å². The molecule has 92 valence electrons. The Morgan fingerprint density at radius 3 is 3.00 bits per heavy atom. The van der Waals surface area contributed by atoms with Crippen molar-refractivity contribution in [2.45, 2.75) is 19.5 Å². The van der Waals surface area contributed by atoms with Crippen LogP contribution < -0.4 is 11.1 Å². The van der Waals surface area contributed by atoms with E-state index in [-0.39, 0.29) is 18.3 Å². The van der Waals surface area contributed by atoms with Crippen LogP contribution in [0.4, 0.5) is 5.82 Å². The van der Waals surface area contributed by atoms with E-state index in [2.05, 4.69) is 10.4 Å². The van der Waals surface area contributed by atoms with Crippen LogP contribution in [0.2, 0.25) is 0 Å². The van der Waals surface area contributed by atoms with Gasteiger partial charge in [0.15, 0.2) is 5.82 Å². The average Bonchev–Trinajstić information content (AvgIpc) is 2.62. The fourth-order valence-corrected chi connectivity index (χ4v) is 0.978. The van der Waals surface area contributed by atoms with Crippen molar-refractivity contribution >= 4 is 24.1 Å². The predicted molar refractivity (Wildman–Crippen MR) is 63.6 cm³/mol. The first-order chi connectivity index (χ1) is 7.13. The Kier molecular flexibility index (Phi) is 6.71. The van der Waals surface area contributed by atoms with Gasteiger partial charge in [-0.25, -0.2) is 0 Å². The van der Waals surface area contributed by atoms with Gasteiger partial charge in [-0.1, -0.05) is 0 Å². The highest BCUT2D eigenvalue weighted by Crippen LogP contribution is 2.02. The van der Waals surface area contributed by atoms with Crippen LogP contribution in [-0.4, -0.2) is 35.4 Å². The zero-order valence-electron chi connectivity index (χ0n) is 9.34. The molecule has 1 atom stereocenters. The first-order valence-corrected chi connectivity index (χ1v) is 4.72. The molecule has 0 radical (unpaired) electrons. The minimum absolute atomic E-state index is 0. The summed E-state index contributed by atoms with van der Waals surface area (Å²) in [7, 11) is 1.63. The first-order valence-electron chi connectivity index (χ1n) is 4.72. The van der Waals surface area contributed by atoms with Crippen LogP contribution in [0.25, 0.3) is 0 Å². The third kappa shape index (κ3) is 4.61. The van der Waals surface area contributed by atoms with Crippen molar-refractivity contribution in [1.29, 1.82) is 0 Å². The summed E-state index contributed by atoms with van der Waals surface area (Å²) in [5.74, 6) is 0.264. The molecule has 0 aliphatic carbocycles. The summed E-state index contributed by atoms with van der Waals surface area (Å²) < 4.78 is 6.60. The van der Waals surface area contributed by atoms with Crippen LogP contribution in [0.15, 0.2) is 12.3 Å². The lowest BCUT2D eigenvalue weighted by Crippen LogP contribution is -2.32. The van der Waals surface area contributed by atoms with E-state index in [1.54, 1.807) is 31.0 Å². The molecule has 1 rings (SSSR count). The summed E-state index contributed by atoms with van der Waals surface area (Å²) in [5.41, 5.74) is 5.40. The molecule has 0 aromatic carbocycles. The van der Waals surface area contributed by atoms with Gasteiger partial charge in [-0.3, -0.25) is 9.48 Å². The monoisotopic (exact) mass is 248 g/mol. The third-order valence-corrected chi connectivity index (χ3v) is 1.83. The second-order valence-corrected chi connectivity index (χ2v) is 3.23. The van der Waals surface area contributed by atoms with E-state index in [0.29, 0.717) is 19.0 Å². The normalized spacial score (nSPS) is 11.7. The molecule has 1 aromatic heterocycles. The van der Waals surface area contributed by atoms with Gasteiger partial charge in [0, 0.05) is 19.4 Å². The topological polar surface area (TPSA) is 82.2 Å². The number of methoxy groups -OCH3 is 1. The summed E-state index contributed by atoms with van der Waals surface area (Å²) in [6.45, 7) is 2.87. The standard InChI is InChI=1S/C9H16N4O2.ClH/c1-7(10)9(14)11-8-3-4-13(12-8)5-6-15-2;/h3-4,7H,5-6,10H2,1-2H3,(H,11,12,14);1H/t7-;/m0./s1. The highest BCUT2D eigenvalue weighted by atomic mass is 35.5. The average molecular weight is 249 g/mol. The number of carbonyl (C=O) groups excluding carboxylic acids is 1. The maximum atomic E-state index is 11.2. The first kappa shape index (κ1) is 14.9. The van der Waals surface area contributed by atoms with E-state index in [1.165, 1.54) is 0 Å². The number of anilines is 1. The maximum Gasteiger partial charge on any atom is 0.242 e. The highest BCUT2D eigenvalue weighted by Gasteiger charge is 2.08. The number of ether oxygens (including phenoxy) is 1. The minimum Gasteiger partial charge on any atom is -0.383 e. The minimum atomic E-state index is -0.533. The van der Waals surface area contributed by atoms with Gasteiger partial charge < -0.3 is 15.8 Å². The number of nitrogens with one attached hydrogen (secondary N) is 1. The van der Waals surface area contributed by atoms with Crippen molar-refractivity contribution in [1.82, 2.24) is 9.78 Å². The van der Waals surface area contributed by atoms with E-state index in [4.69, 9.17) is 10.5 Å². The lowest BCUT2D eigenvalue weighted by atomic mass is 10.3. The van der Waals surface area contributed by atoms with E-state index in [0.717, 1.165) is 0 Å². The molecule has 1 aromatic rings. The number of nitrogens with zero attached hydrogens (tertiary/aromatic N) is 2. The largest absolute Gasteiger partial charge is 0.383 e. The maximum absolute atomic E-state index is 11.2. The second-order valence-electron chi connectivity index (χ2n) is 3.23. The summed E-state index contributed by atoms with van der Waals surface area (Å²) in [4.78, 5) is 11.2. The number of amides is 1. The molecule has 6 nitrogen and oxygen atoms in total. The van der Waals surface area contributed by atoms with Crippen LogP contribution >= 0.6 is 12.4 Å². The number of nitrogens with two attached hydrogens (primary N) is 1. The predicted octanol–water partition coefficient (Wildman–Crippen LogP) is 0.237. The third-order valence-electron chi connectivity index (χ3n) is 1.83. The number of halogens is 1. The van der Waals surface area contributed by atoms with Gasteiger partial charge in [-0.2, -0.15) is 5.10 Å². The second kappa shape index (κ2) is 7.21. The van der Waals surface area contributed by atoms with Crippen molar-refractivity contribution in [3.05, 3.63) is 12.3 Å². The molecule has 0 saturated carbocycles. The van der Waals surface area contributed by atoms with Crippen LogP contribution in [0.5, 0.6) is 0 Å². The molecule has 0 fully saturated rings. The number of hydrogen-bond acceptors (Lipinski definition) is 4. The Hall–Kier alpha value is -1.11. The van der Waals surface area contributed by atoms with Crippen molar-refractivity contribution in [3.63, 3.8) is 0 Å². The number of carbonyl (C=O) groups is 1. The summed E-state index contributed by atoms with van der Waals surface area (Å²) in [6, 6.07) is 1.18. The number of rotatable bonds is 5. The lowest BCUT2D eigenvalue weighted by molar-refractivity contribution is -0.117. The Labute approximate surface area is 101 Å². The fraction of sp³-hybridized carbons (Fsp3) is 0.556. The molecule has 3 N–H and O–H groups in total. The van der Waals surface area contributed by atoms with Crippen molar-refractivity contribution < 1.29 is 9.53 Å². The van der Waals surface area contributed by atoms with Gasteiger partial charge in [0.05, 0.1) is 19.2 Å². The van der Waals surface area contributed by atoms with Crippen LogP contribution in [0, 0.1) is 0 Å². The van der Waals surface area contributed by atoms with Crippen molar-refractivity contribution in [2.75, 3.05) is 19.0 Å². The fourth-order valence-electron chi connectivity index (χ4n) is 0.978. The van der Waals surface area contributed by atoms with Gasteiger partial charge >= 0.3 is 0 Å². The smallest absolute Gasteiger partial charge is 0.242 e. The van der Waals surface area contributed by atoms with Gasteiger partial charge in [0.1, 0.15) is 0 Å². The van der Waals surface area contributed by atoms with Crippen molar-refractivity contribution in [3.8, 4) is 0 Å². The van der Waals surface area contributed by atoms with Crippen LogP contribution in [-0.2, 0) is 16.1 Å². The molecular formula is C9H17ClN4O2. The highest BCUT2D eigenvalue weighted by molar-refractivity contribution is 5.93. The van der Waals surface area contributed by atoms with Crippen molar-refractivity contribution in [2.24, 2.45) is 5.73 Å². The van der Waals surface area contributed by atoms with E-state index in [9.17, 15) is 4.79 Å². The molecule has 0 aliphatic rings. The Bertz CT molecular complexity index is 327. The number of aromatic nitrogens is 2. The molecule has 0 bridgehead atoms. The van der Waals surface area contributed by atoms with Crippen LogP contribution in [0.1, 0.15) is 6.92 Å². The molecule has 1 heterocycles. The van der Waals surface area contributed by atoms with E-state index >= 15 is 0 Å². The molecule has 1 amide bonds. The SMILES string of the molecule is COCCn1ccc(NC(=O)[C@H](C)N)n1.Cl. The molecule has 0 spiro atoms. The zero-order valence-corrected chi connectivity index (χ0v) is 10.2. The molecule has 16 heavy (non-hydrogen) atoms. The van der Waals surface area contributed by atoms with E-state index < -0.39 is 6.04 Å². The zero-order chi connectivity index (χ0) is 11.3. The molecule has 0 aliphatic heterocycles. The van der Waals surface area contributed by atoms with Gasteiger partial charge in [0.25, 0.3) is 0 Å². The van der Waals surface area contributed by atoms with Gasteiger partial charge in [-0.05, 0) is 6.92 Å². The summed E-state index contributed by atoms with van der Waals surface area (Å²) in [5, 5.41) is 6.72. The lowest BCUT2D eigenvalue weighted by Gasteiger charge is -2.04. The molecule has 0 saturated heterocycles. The Morgan fingerprint density at radius 1 is 1.75 bits per heavy atom. The molecule has 7 heteroatoms. The summed E-state index contributed by atoms with van der Waals surface area (Å²) >= 11 is 0. The van der Waals surface area contributed by atoms with Gasteiger partial charge in [0.2, 0.25) is 5.91 Å². The molecule has 0 unspecified atom stereocenters. The number of hydrogen-bond donors (Lipinski definition) is 2. The van der Waals surface area contributed by atoms with E-state index in [1.807, 2.05) is 0 Å².